The predicted octanol–water partition coefficient (Wildman–Crippen LogP) is 3.02. The number of carbonyl (C=O) groups excluding carboxylic acids is 1. The topological polar surface area (TPSA) is 55.3 Å². The lowest BCUT2D eigenvalue weighted by molar-refractivity contribution is -0.118. The summed E-state index contributed by atoms with van der Waals surface area (Å²) in [5, 5.41) is 7.56. The molecule has 1 aromatic carbocycles. The smallest absolute Gasteiger partial charge is 0.231 e. The van der Waals surface area contributed by atoms with Crippen molar-refractivity contribution in [3.8, 4) is 0 Å². The van der Waals surface area contributed by atoms with Crippen LogP contribution in [0.25, 0.3) is 0 Å². The summed E-state index contributed by atoms with van der Waals surface area (Å²) in [7, 11) is 0. The van der Waals surface area contributed by atoms with Crippen LogP contribution in [-0.4, -0.2) is 35.4 Å². The Morgan fingerprint density at radius 3 is 2.96 bits per heavy atom. The fourth-order valence-electron chi connectivity index (χ4n) is 2.73. The lowest BCUT2D eigenvalue weighted by Crippen LogP contribution is -2.38. The van der Waals surface area contributed by atoms with Gasteiger partial charge in [0.2, 0.25) is 5.91 Å². The fraction of sp³-hybridized carbons (Fsp3) is 0.353. The fourth-order valence-corrected chi connectivity index (χ4v) is 2.92. The van der Waals surface area contributed by atoms with Gasteiger partial charge in [-0.2, -0.15) is 10.2 Å². The average Bonchev–Trinajstić information content (AvgIpc) is 3.11. The Bertz CT molecular complexity index is 708. The van der Waals surface area contributed by atoms with Crippen LogP contribution in [0.2, 0.25) is 5.02 Å². The summed E-state index contributed by atoms with van der Waals surface area (Å²) in [6.07, 6.45) is 4.80. The number of aromatic nitrogens is 2. The van der Waals surface area contributed by atoms with Crippen molar-refractivity contribution in [3.05, 3.63) is 53.1 Å². The molecule has 0 aliphatic carbocycles. The minimum absolute atomic E-state index is 0.0107. The minimum Gasteiger partial charge on any atom is -0.376 e. The molecule has 24 heavy (non-hydrogen) atoms. The first-order valence-corrected chi connectivity index (χ1v) is 8.14. The van der Waals surface area contributed by atoms with Crippen molar-refractivity contribution in [1.82, 2.24) is 10.2 Å². The molecule has 0 bridgehead atoms. The van der Waals surface area contributed by atoms with Crippen LogP contribution in [0.3, 0.4) is 0 Å². The maximum atomic E-state index is 14.1. The number of ether oxygens (including phenoxy) is 1. The Morgan fingerprint density at radius 1 is 1.38 bits per heavy atom. The number of anilines is 1. The quantitative estimate of drug-likeness (QED) is 0.832. The highest BCUT2D eigenvalue weighted by atomic mass is 35.5. The van der Waals surface area contributed by atoms with Gasteiger partial charge in [0.1, 0.15) is 5.82 Å². The number of carbonyl (C=O) groups is 1. The summed E-state index contributed by atoms with van der Waals surface area (Å²) in [5.74, 6) is -0.794. The van der Waals surface area contributed by atoms with Crippen molar-refractivity contribution < 1.29 is 13.9 Å². The zero-order chi connectivity index (χ0) is 16.9. The van der Waals surface area contributed by atoms with Gasteiger partial charge in [-0.3, -0.25) is 4.79 Å². The van der Waals surface area contributed by atoms with Gasteiger partial charge in [-0.25, -0.2) is 4.39 Å². The molecule has 3 rings (SSSR count). The number of rotatable bonds is 5. The molecule has 1 fully saturated rings. The molecular formula is C17H17ClFN3O2. The number of halogens is 2. The van der Waals surface area contributed by atoms with E-state index in [-0.39, 0.29) is 29.0 Å². The van der Waals surface area contributed by atoms with Gasteiger partial charge >= 0.3 is 0 Å². The molecule has 1 aliphatic rings. The molecule has 126 valence electrons. The van der Waals surface area contributed by atoms with Crippen LogP contribution >= 0.6 is 11.6 Å². The molecule has 1 unspecified atom stereocenters. The average molecular weight is 350 g/mol. The van der Waals surface area contributed by atoms with Gasteiger partial charge in [0.25, 0.3) is 0 Å². The molecule has 0 radical (unpaired) electrons. The van der Waals surface area contributed by atoms with Crippen molar-refractivity contribution in [2.75, 3.05) is 18.1 Å². The van der Waals surface area contributed by atoms with Gasteiger partial charge in [0.15, 0.2) is 0 Å². The highest BCUT2D eigenvalue weighted by molar-refractivity contribution is 6.30. The number of benzene rings is 1. The Kier molecular flexibility index (Phi) is 5.37. The third kappa shape index (κ3) is 3.88. The monoisotopic (exact) mass is 349 g/mol. The zero-order valence-corrected chi connectivity index (χ0v) is 13.7. The Labute approximate surface area is 144 Å². The van der Waals surface area contributed by atoms with Crippen LogP contribution in [0, 0.1) is 5.82 Å². The number of nitrogens with zero attached hydrogens (tertiary/aromatic N) is 3. The van der Waals surface area contributed by atoms with Crippen LogP contribution in [-0.2, 0) is 16.0 Å². The van der Waals surface area contributed by atoms with E-state index in [0.717, 1.165) is 12.8 Å². The second-order valence-electron chi connectivity index (χ2n) is 5.63. The molecule has 0 spiro atoms. The number of amides is 1. The van der Waals surface area contributed by atoms with Crippen LogP contribution in [0.4, 0.5) is 10.1 Å². The molecule has 1 atom stereocenters. The van der Waals surface area contributed by atoms with Crippen molar-refractivity contribution >= 4 is 23.2 Å². The second kappa shape index (κ2) is 7.68. The molecule has 5 nitrogen and oxygen atoms in total. The maximum absolute atomic E-state index is 14.1. The second-order valence-corrected chi connectivity index (χ2v) is 6.04. The molecule has 0 saturated carbocycles. The third-order valence-electron chi connectivity index (χ3n) is 3.96. The molecular weight excluding hydrogens is 333 g/mol. The molecule has 1 amide bonds. The van der Waals surface area contributed by atoms with Gasteiger partial charge in [-0.1, -0.05) is 23.7 Å². The van der Waals surface area contributed by atoms with E-state index in [4.69, 9.17) is 16.3 Å². The summed E-state index contributed by atoms with van der Waals surface area (Å²) in [6.45, 7) is 1.11. The Balaban J connectivity index is 1.81. The predicted molar refractivity (Wildman–Crippen MR) is 88.5 cm³/mol. The van der Waals surface area contributed by atoms with Gasteiger partial charge in [0.05, 0.1) is 42.2 Å². The largest absolute Gasteiger partial charge is 0.376 e. The summed E-state index contributed by atoms with van der Waals surface area (Å²) in [5.41, 5.74) is 0.889. The molecule has 2 aromatic rings. The standard InChI is InChI=1S/C17H17ClFN3O2/c18-15-5-1-3-12(17(15)19)9-16(23)22(11-14-4-2-8-24-14)13-6-7-20-21-10-13/h1,3,5-7,10,14H,2,4,8-9,11H2. The van der Waals surface area contributed by atoms with E-state index in [1.165, 1.54) is 18.5 Å². The van der Waals surface area contributed by atoms with Crippen molar-refractivity contribution in [1.29, 1.82) is 0 Å². The van der Waals surface area contributed by atoms with Gasteiger partial charge in [-0.15, -0.1) is 0 Å². The lowest BCUT2D eigenvalue weighted by Gasteiger charge is -2.25. The number of hydrogen-bond acceptors (Lipinski definition) is 4. The van der Waals surface area contributed by atoms with Crippen LogP contribution in [0.5, 0.6) is 0 Å². The van der Waals surface area contributed by atoms with Gasteiger partial charge in [-0.05, 0) is 30.5 Å². The van der Waals surface area contributed by atoms with Crippen LogP contribution in [0.1, 0.15) is 18.4 Å². The molecule has 1 aromatic heterocycles. The normalized spacial score (nSPS) is 17.0. The minimum atomic E-state index is -0.558. The van der Waals surface area contributed by atoms with E-state index >= 15 is 0 Å². The van der Waals surface area contributed by atoms with E-state index in [2.05, 4.69) is 10.2 Å². The van der Waals surface area contributed by atoms with Gasteiger partial charge < -0.3 is 9.64 Å². The van der Waals surface area contributed by atoms with E-state index < -0.39 is 5.82 Å². The van der Waals surface area contributed by atoms with Crippen molar-refractivity contribution in [2.24, 2.45) is 0 Å². The molecule has 0 N–H and O–H groups in total. The van der Waals surface area contributed by atoms with E-state index in [1.807, 2.05) is 0 Å². The lowest BCUT2D eigenvalue weighted by atomic mass is 10.1. The van der Waals surface area contributed by atoms with Crippen LogP contribution < -0.4 is 4.90 Å². The molecule has 2 heterocycles. The van der Waals surface area contributed by atoms with E-state index in [1.54, 1.807) is 23.1 Å². The first-order valence-electron chi connectivity index (χ1n) is 7.76. The third-order valence-corrected chi connectivity index (χ3v) is 4.26. The SMILES string of the molecule is O=C(Cc1cccc(Cl)c1F)N(CC1CCCO1)c1ccnnc1. The zero-order valence-electron chi connectivity index (χ0n) is 13.0. The van der Waals surface area contributed by atoms with Crippen molar-refractivity contribution in [3.63, 3.8) is 0 Å². The molecule has 1 aliphatic heterocycles. The Morgan fingerprint density at radius 2 is 2.25 bits per heavy atom. The van der Waals surface area contributed by atoms with E-state index in [0.29, 0.717) is 18.8 Å². The first kappa shape index (κ1) is 16.8. The summed E-state index contributed by atoms with van der Waals surface area (Å²) < 4.78 is 19.7. The highest BCUT2D eigenvalue weighted by Crippen LogP contribution is 2.22. The summed E-state index contributed by atoms with van der Waals surface area (Å²) in [4.78, 5) is 14.4. The Hall–Kier alpha value is -2.05. The highest BCUT2D eigenvalue weighted by Gasteiger charge is 2.25. The van der Waals surface area contributed by atoms with Crippen LogP contribution in [0.15, 0.2) is 36.7 Å². The summed E-state index contributed by atoms with van der Waals surface area (Å²) >= 11 is 5.79. The number of hydrogen-bond donors (Lipinski definition) is 0. The summed E-state index contributed by atoms with van der Waals surface area (Å²) in [6, 6.07) is 6.36. The van der Waals surface area contributed by atoms with E-state index in [9.17, 15) is 9.18 Å². The molecule has 7 heteroatoms. The maximum Gasteiger partial charge on any atom is 0.231 e. The van der Waals surface area contributed by atoms with Gasteiger partial charge in [0, 0.05) is 6.61 Å². The molecule has 1 saturated heterocycles. The first-order chi connectivity index (χ1) is 11.6. The van der Waals surface area contributed by atoms with Crippen molar-refractivity contribution in [2.45, 2.75) is 25.4 Å².